The van der Waals surface area contributed by atoms with Crippen molar-refractivity contribution in [2.24, 2.45) is 0 Å². The number of halogens is 3. The van der Waals surface area contributed by atoms with E-state index in [1.54, 1.807) is 11.3 Å². The van der Waals surface area contributed by atoms with Gasteiger partial charge < -0.3 is 4.90 Å². The van der Waals surface area contributed by atoms with Gasteiger partial charge in [0.05, 0.1) is 17.8 Å². The molecule has 0 saturated carbocycles. The number of rotatable bonds is 4. The number of nitrogens with zero attached hydrogens (tertiary/aromatic N) is 3. The molecule has 0 bridgehead atoms. The van der Waals surface area contributed by atoms with Crippen molar-refractivity contribution in [3.63, 3.8) is 0 Å². The van der Waals surface area contributed by atoms with E-state index >= 15 is 0 Å². The Morgan fingerprint density at radius 3 is 2.45 bits per heavy atom. The number of carbonyl (C=O) groups excluding carboxylic acids is 1. The van der Waals surface area contributed by atoms with Crippen LogP contribution in [-0.2, 0) is 6.54 Å². The minimum absolute atomic E-state index is 0. The lowest BCUT2D eigenvalue weighted by Crippen LogP contribution is -2.48. The lowest BCUT2D eigenvalue weighted by molar-refractivity contribution is 0.0627. The summed E-state index contributed by atoms with van der Waals surface area (Å²) in [6.07, 6.45) is 0. The number of amides is 1. The van der Waals surface area contributed by atoms with Crippen LogP contribution in [0.1, 0.15) is 15.4 Å². The third-order valence-corrected chi connectivity index (χ3v) is 6.84. The van der Waals surface area contributed by atoms with E-state index in [4.69, 9.17) is 16.6 Å². The highest BCUT2D eigenvalue weighted by molar-refractivity contribution is 14.1. The number of hydrogen-bond donors (Lipinski definition) is 0. The van der Waals surface area contributed by atoms with Crippen LogP contribution < -0.4 is 0 Å². The van der Waals surface area contributed by atoms with E-state index in [-0.39, 0.29) is 18.3 Å². The Bertz CT molecular complexity index is 972. The van der Waals surface area contributed by atoms with Crippen LogP contribution in [0.2, 0.25) is 5.02 Å². The van der Waals surface area contributed by atoms with Gasteiger partial charge in [0.2, 0.25) is 0 Å². The second kappa shape index (κ2) is 10.2. The smallest absolute Gasteiger partial charge is 0.255 e. The first-order valence-electron chi connectivity index (χ1n) is 9.06. The molecule has 1 saturated heterocycles. The fraction of sp³-hybridized carbons (Fsp3) is 0.238. The van der Waals surface area contributed by atoms with Gasteiger partial charge in [-0.1, -0.05) is 35.9 Å². The molecule has 0 spiro atoms. The summed E-state index contributed by atoms with van der Waals surface area (Å²) in [7, 11) is 0. The zero-order valence-electron chi connectivity index (χ0n) is 15.6. The molecule has 8 heteroatoms. The van der Waals surface area contributed by atoms with Gasteiger partial charge in [-0.3, -0.25) is 9.69 Å². The number of piperazine rings is 1. The van der Waals surface area contributed by atoms with Crippen LogP contribution in [-0.4, -0.2) is 46.9 Å². The molecule has 29 heavy (non-hydrogen) atoms. The first-order chi connectivity index (χ1) is 13.6. The molecule has 4 nitrogen and oxygen atoms in total. The van der Waals surface area contributed by atoms with Crippen LogP contribution >= 0.6 is 57.9 Å². The quantitative estimate of drug-likeness (QED) is 0.399. The number of thiazole rings is 1. The van der Waals surface area contributed by atoms with E-state index in [0.29, 0.717) is 0 Å². The first kappa shape index (κ1) is 22.5. The molecule has 0 radical (unpaired) electrons. The van der Waals surface area contributed by atoms with Gasteiger partial charge >= 0.3 is 0 Å². The number of carbonyl (C=O) groups is 1. The van der Waals surface area contributed by atoms with Gasteiger partial charge in [0.25, 0.3) is 5.91 Å². The third-order valence-electron chi connectivity index (χ3n) is 4.81. The van der Waals surface area contributed by atoms with Gasteiger partial charge in [-0.15, -0.1) is 23.7 Å². The summed E-state index contributed by atoms with van der Waals surface area (Å²) in [5.41, 5.74) is 2.87. The molecule has 4 rings (SSSR count). The molecule has 0 N–H and O–H groups in total. The minimum Gasteiger partial charge on any atom is -0.336 e. The first-order valence-corrected chi connectivity index (χ1v) is 11.4. The molecule has 1 aromatic heterocycles. The van der Waals surface area contributed by atoms with Crippen molar-refractivity contribution in [2.45, 2.75) is 6.54 Å². The fourth-order valence-electron chi connectivity index (χ4n) is 3.24. The zero-order valence-corrected chi connectivity index (χ0v) is 20.1. The fourth-order valence-corrected chi connectivity index (χ4v) is 4.83. The van der Waals surface area contributed by atoms with E-state index in [9.17, 15) is 4.79 Å². The lowest BCUT2D eigenvalue weighted by atomic mass is 10.2. The molecule has 1 aliphatic heterocycles. The number of hydrogen-bond acceptors (Lipinski definition) is 4. The Morgan fingerprint density at radius 2 is 1.76 bits per heavy atom. The molecule has 2 heterocycles. The maximum absolute atomic E-state index is 12.8. The Kier molecular flexibility index (Phi) is 7.92. The summed E-state index contributed by atoms with van der Waals surface area (Å²) in [5.74, 6) is 0.129. The Hall–Kier alpha value is -1.19. The lowest BCUT2D eigenvalue weighted by Gasteiger charge is -2.34. The normalized spacial score (nSPS) is 14.5. The summed E-state index contributed by atoms with van der Waals surface area (Å²) in [4.78, 5) is 21.8. The van der Waals surface area contributed by atoms with Crippen LogP contribution in [0.5, 0.6) is 0 Å². The molecule has 0 aliphatic carbocycles. The van der Waals surface area contributed by atoms with Crippen molar-refractivity contribution in [1.82, 2.24) is 14.8 Å². The van der Waals surface area contributed by atoms with Crippen LogP contribution in [0, 0.1) is 3.57 Å². The van der Waals surface area contributed by atoms with E-state index in [1.807, 2.05) is 53.4 Å². The van der Waals surface area contributed by atoms with E-state index in [1.165, 1.54) is 0 Å². The Labute approximate surface area is 199 Å². The zero-order chi connectivity index (χ0) is 19.5. The van der Waals surface area contributed by atoms with Crippen LogP contribution in [0.3, 0.4) is 0 Å². The average Bonchev–Trinajstić information content (AvgIpc) is 3.17. The molecule has 1 amide bonds. The van der Waals surface area contributed by atoms with Gasteiger partial charge in [0.1, 0.15) is 5.01 Å². The summed E-state index contributed by atoms with van der Waals surface area (Å²) >= 11 is 9.87. The SMILES string of the molecule is Cl.O=C(c1ccccc1I)N1CCN(Cc2nc(-c3ccc(Cl)cc3)cs2)CC1. The van der Waals surface area contributed by atoms with Crippen molar-refractivity contribution in [3.8, 4) is 11.3 Å². The molecule has 152 valence electrons. The number of aromatic nitrogens is 1. The molecule has 0 atom stereocenters. The molecular formula is C21H20Cl2IN3OS. The van der Waals surface area contributed by atoms with Gasteiger partial charge in [0, 0.05) is 45.7 Å². The highest BCUT2D eigenvalue weighted by Gasteiger charge is 2.23. The van der Waals surface area contributed by atoms with Crippen LogP contribution in [0.4, 0.5) is 0 Å². The van der Waals surface area contributed by atoms with Crippen molar-refractivity contribution in [2.75, 3.05) is 26.2 Å². The van der Waals surface area contributed by atoms with Gasteiger partial charge in [-0.25, -0.2) is 4.98 Å². The maximum atomic E-state index is 12.8. The minimum atomic E-state index is 0. The molecule has 0 unspecified atom stereocenters. The van der Waals surface area contributed by atoms with Gasteiger partial charge in [-0.05, 0) is 46.9 Å². The number of benzene rings is 2. The summed E-state index contributed by atoms with van der Waals surface area (Å²) in [6, 6.07) is 15.5. The molecule has 2 aromatic carbocycles. The summed E-state index contributed by atoms with van der Waals surface area (Å²) < 4.78 is 1.00. The van der Waals surface area contributed by atoms with E-state index in [0.717, 1.165) is 63.1 Å². The Balaban J connectivity index is 0.00000240. The second-order valence-corrected chi connectivity index (χ2v) is 9.22. The Morgan fingerprint density at radius 1 is 1.07 bits per heavy atom. The summed E-state index contributed by atoms with van der Waals surface area (Å²) in [6.45, 7) is 4.05. The predicted molar refractivity (Wildman–Crippen MR) is 130 cm³/mol. The molecule has 3 aromatic rings. The average molecular weight is 560 g/mol. The summed E-state index contributed by atoms with van der Waals surface area (Å²) in [5, 5.41) is 3.93. The van der Waals surface area contributed by atoms with Crippen LogP contribution in [0.15, 0.2) is 53.9 Å². The highest BCUT2D eigenvalue weighted by atomic mass is 127. The highest BCUT2D eigenvalue weighted by Crippen LogP contribution is 2.24. The second-order valence-electron chi connectivity index (χ2n) is 6.68. The van der Waals surface area contributed by atoms with E-state index < -0.39 is 0 Å². The monoisotopic (exact) mass is 559 g/mol. The van der Waals surface area contributed by atoms with Gasteiger partial charge in [-0.2, -0.15) is 0 Å². The predicted octanol–water partition coefficient (Wildman–Crippen LogP) is 5.45. The third kappa shape index (κ3) is 5.49. The van der Waals surface area contributed by atoms with Gasteiger partial charge in [0.15, 0.2) is 0 Å². The molecule has 1 aliphatic rings. The van der Waals surface area contributed by atoms with Crippen LogP contribution in [0.25, 0.3) is 11.3 Å². The maximum Gasteiger partial charge on any atom is 0.255 e. The van der Waals surface area contributed by atoms with E-state index in [2.05, 4.69) is 32.9 Å². The van der Waals surface area contributed by atoms with Crippen molar-refractivity contribution < 1.29 is 4.79 Å². The molecule has 1 fully saturated rings. The largest absolute Gasteiger partial charge is 0.336 e. The van der Waals surface area contributed by atoms with Crippen molar-refractivity contribution >= 4 is 63.8 Å². The van der Waals surface area contributed by atoms with Crippen molar-refractivity contribution in [3.05, 3.63) is 73.1 Å². The van der Waals surface area contributed by atoms with Crippen molar-refractivity contribution in [1.29, 1.82) is 0 Å². The standard InChI is InChI=1S/C21H19ClIN3OS.ClH/c22-16-7-5-15(6-8-16)19-14-28-20(24-19)13-25-9-11-26(12-10-25)21(27)17-3-1-2-4-18(17)23;/h1-8,14H,9-13H2;1H. The topological polar surface area (TPSA) is 36.4 Å². The molecular weight excluding hydrogens is 540 g/mol.